The van der Waals surface area contributed by atoms with Crippen molar-refractivity contribution in [1.29, 1.82) is 0 Å². The summed E-state index contributed by atoms with van der Waals surface area (Å²) in [5.41, 5.74) is 0.897. The molecule has 0 saturated carbocycles. The fourth-order valence-electron chi connectivity index (χ4n) is 2.08. The third-order valence-electron chi connectivity index (χ3n) is 3.25. The molecule has 0 aliphatic carbocycles. The Labute approximate surface area is 121 Å². The topological polar surface area (TPSA) is 75.6 Å². The summed E-state index contributed by atoms with van der Waals surface area (Å²) in [5.74, 6) is -1.13. The molecule has 2 N–H and O–H groups in total. The van der Waals surface area contributed by atoms with E-state index in [1.54, 1.807) is 6.07 Å². The van der Waals surface area contributed by atoms with Crippen molar-refractivity contribution in [3.8, 4) is 0 Å². The Morgan fingerprint density at radius 2 is 2.30 bits per heavy atom. The molecule has 1 aliphatic heterocycles. The van der Waals surface area contributed by atoms with Crippen LogP contribution in [0.1, 0.15) is 33.5 Å². The fraction of sp³-hybridized carbons (Fsp3) is 0.429. The van der Waals surface area contributed by atoms with Crippen LogP contribution in [0.4, 0.5) is 0 Å². The summed E-state index contributed by atoms with van der Waals surface area (Å²) in [5, 5.41) is 11.6. The van der Waals surface area contributed by atoms with Gasteiger partial charge in [0, 0.05) is 17.6 Å². The second-order valence-electron chi connectivity index (χ2n) is 4.77. The average Bonchev–Trinajstić information content (AvgIpc) is 2.94. The number of amides is 1. The maximum absolute atomic E-state index is 12.2. The highest BCUT2D eigenvalue weighted by molar-refractivity contribution is 7.15. The molecule has 2 rings (SSSR count). The number of carbonyl (C=O) groups is 2. The van der Waals surface area contributed by atoms with Crippen LogP contribution in [0.5, 0.6) is 0 Å². The molecular formula is C14H17NO4S. The summed E-state index contributed by atoms with van der Waals surface area (Å²) < 4.78 is 5.41. The van der Waals surface area contributed by atoms with E-state index in [1.807, 2.05) is 13.8 Å². The molecule has 1 amide bonds. The van der Waals surface area contributed by atoms with E-state index in [2.05, 4.69) is 5.32 Å². The predicted octanol–water partition coefficient (Wildman–Crippen LogP) is 2.06. The maximum atomic E-state index is 12.2. The van der Waals surface area contributed by atoms with Gasteiger partial charge in [0.05, 0.1) is 17.0 Å². The first-order valence-corrected chi connectivity index (χ1v) is 7.23. The van der Waals surface area contributed by atoms with E-state index in [9.17, 15) is 9.59 Å². The number of aliphatic carboxylic acids is 1. The summed E-state index contributed by atoms with van der Waals surface area (Å²) >= 11 is 1.29. The van der Waals surface area contributed by atoms with Gasteiger partial charge in [-0.15, -0.1) is 11.3 Å². The minimum absolute atomic E-state index is 0.0337. The van der Waals surface area contributed by atoms with Crippen molar-refractivity contribution < 1.29 is 19.4 Å². The van der Waals surface area contributed by atoms with Crippen molar-refractivity contribution in [2.75, 3.05) is 6.61 Å². The Balaban J connectivity index is 2.07. The SMILES string of the molecule is Cc1cc(C(=O)NC2CCOC2C)sc1/C=C/C(=O)O. The Kier molecular flexibility index (Phi) is 4.57. The van der Waals surface area contributed by atoms with Gasteiger partial charge in [-0.25, -0.2) is 4.79 Å². The quantitative estimate of drug-likeness (QED) is 0.834. The zero-order valence-electron chi connectivity index (χ0n) is 11.4. The van der Waals surface area contributed by atoms with Crippen molar-refractivity contribution in [3.05, 3.63) is 27.5 Å². The summed E-state index contributed by atoms with van der Waals surface area (Å²) in [7, 11) is 0. The molecule has 2 unspecified atom stereocenters. The smallest absolute Gasteiger partial charge is 0.328 e. The van der Waals surface area contributed by atoms with Crippen molar-refractivity contribution in [3.63, 3.8) is 0 Å². The lowest BCUT2D eigenvalue weighted by atomic mass is 10.1. The zero-order chi connectivity index (χ0) is 14.7. The molecule has 5 nitrogen and oxygen atoms in total. The summed E-state index contributed by atoms with van der Waals surface area (Å²) in [6, 6.07) is 1.82. The van der Waals surface area contributed by atoms with Gasteiger partial charge in [0.25, 0.3) is 5.91 Å². The van der Waals surface area contributed by atoms with Crippen LogP contribution in [0, 0.1) is 6.92 Å². The third kappa shape index (κ3) is 3.46. The zero-order valence-corrected chi connectivity index (χ0v) is 12.2. The van der Waals surface area contributed by atoms with E-state index in [4.69, 9.17) is 9.84 Å². The Morgan fingerprint density at radius 1 is 1.55 bits per heavy atom. The molecule has 0 spiro atoms. The van der Waals surface area contributed by atoms with Crippen molar-refractivity contribution in [1.82, 2.24) is 5.32 Å². The van der Waals surface area contributed by atoms with Gasteiger partial charge in [-0.2, -0.15) is 0 Å². The standard InChI is InChI=1S/C14H17NO4S/c1-8-7-12(20-11(8)3-4-13(16)17)14(18)15-10-5-6-19-9(10)2/h3-4,7,9-10H,5-6H2,1-2H3,(H,15,18)(H,16,17)/b4-3+. The highest BCUT2D eigenvalue weighted by Crippen LogP contribution is 2.24. The maximum Gasteiger partial charge on any atom is 0.328 e. The Bertz CT molecular complexity index is 549. The highest BCUT2D eigenvalue weighted by atomic mass is 32.1. The van der Waals surface area contributed by atoms with Crippen LogP contribution in [0.15, 0.2) is 12.1 Å². The van der Waals surface area contributed by atoms with Gasteiger partial charge < -0.3 is 15.2 Å². The summed E-state index contributed by atoms with van der Waals surface area (Å²) in [6.45, 7) is 4.47. The molecule has 1 fully saturated rings. The van der Waals surface area contributed by atoms with Gasteiger partial charge in [-0.3, -0.25) is 4.79 Å². The summed E-state index contributed by atoms with van der Waals surface area (Å²) in [4.78, 5) is 24.0. The molecule has 1 aromatic heterocycles. The molecule has 2 heterocycles. The lowest BCUT2D eigenvalue weighted by Crippen LogP contribution is -2.38. The number of hydrogen-bond acceptors (Lipinski definition) is 4. The molecule has 0 bridgehead atoms. The molecule has 6 heteroatoms. The first-order chi connectivity index (χ1) is 9.47. The van der Waals surface area contributed by atoms with Crippen LogP contribution < -0.4 is 5.32 Å². The van der Waals surface area contributed by atoms with E-state index < -0.39 is 5.97 Å². The monoisotopic (exact) mass is 295 g/mol. The second-order valence-corrected chi connectivity index (χ2v) is 5.86. The minimum Gasteiger partial charge on any atom is -0.478 e. The number of thiophene rings is 1. The predicted molar refractivity (Wildman–Crippen MR) is 77.0 cm³/mol. The number of hydrogen-bond donors (Lipinski definition) is 2. The molecular weight excluding hydrogens is 278 g/mol. The lowest BCUT2D eigenvalue weighted by Gasteiger charge is -2.15. The second kappa shape index (κ2) is 6.19. The lowest BCUT2D eigenvalue weighted by molar-refractivity contribution is -0.131. The van der Waals surface area contributed by atoms with Crippen molar-refractivity contribution in [2.45, 2.75) is 32.4 Å². The molecule has 1 saturated heterocycles. The van der Waals surface area contributed by atoms with Crippen LogP contribution in [0.25, 0.3) is 6.08 Å². The van der Waals surface area contributed by atoms with Gasteiger partial charge in [0.15, 0.2) is 0 Å². The minimum atomic E-state index is -0.999. The average molecular weight is 295 g/mol. The molecule has 1 aliphatic rings. The van der Waals surface area contributed by atoms with Crippen molar-refractivity contribution >= 4 is 29.3 Å². The van der Waals surface area contributed by atoms with E-state index in [1.165, 1.54) is 17.4 Å². The van der Waals surface area contributed by atoms with Crippen LogP contribution in [-0.4, -0.2) is 35.7 Å². The first-order valence-electron chi connectivity index (χ1n) is 6.41. The van der Waals surface area contributed by atoms with E-state index in [-0.39, 0.29) is 18.1 Å². The number of aryl methyl sites for hydroxylation is 1. The van der Waals surface area contributed by atoms with Crippen molar-refractivity contribution in [2.24, 2.45) is 0 Å². The number of nitrogens with one attached hydrogen (secondary N) is 1. The largest absolute Gasteiger partial charge is 0.478 e. The molecule has 2 atom stereocenters. The van der Waals surface area contributed by atoms with Gasteiger partial charge in [0.1, 0.15) is 0 Å². The number of ether oxygens (including phenoxy) is 1. The van der Waals surface area contributed by atoms with E-state index in [0.29, 0.717) is 11.5 Å². The number of carbonyl (C=O) groups excluding carboxylic acids is 1. The van der Waals surface area contributed by atoms with Gasteiger partial charge in [0.2, 0.25) is 0 Å². The van der Waals surface area contributed by atoms with Gasteiger partial charge in [-0.05, 0) is 38.0 Å². The van der Waals surface area contributed by atoms with Crippen LogP contribution >= 0.6 is 11.3 Å². The van der Waals surface area contributed by atoms with E-state index >= 15 is 0 Å². The third-order valence-corrected chi connectivity index (χ3v) is 4.45. The molecule has 0 radical (unpaired) electrons. The Morgan fingerprint density at radius 3 is 2.90 bits per heavy atom. The Hall–Kier alpha value is -1.66. The first kappa shape index (κ1) is 14.7. The fourth-order valence-corrected chi connectivity index (χ4v) is 3.06. The normalized spacial score (nSPS) is 22.3. The molecule has 108 valence electrons. The number of carboxylic acids is 1. The van der Waals surface area contributed by atoms with Crippen LogP contribution in [0.2, 0.25) is 0 Å². The number of rotatable bonds is 4. The molecule has 0 aromatic carbocycles. The molecule has 1 aromatic rings. The number of carboxylic acid groups (broad SMARTS) is 1. The van der Waals surface area contributed by atoms with Gasteiger partial charge in [-0.1, -0.05) is 0 Å². The van der Waals surface area contributed by atoms with E-state index in [0.717, 1.165) is 22.9 Å². The highest BCUT2D eigenvalue weighted by Gasteiger charge is 2.26. The van der Waals surface area contributed by atoms with Crippen LogP contribution in [0.3, 0.4) is 0 Å². The van der Waals surface area contributed by atoms with Gasteiger partial charge >= 0.3 is 5.97 Å². The molecule has 20 heavy (non-hydrogen) atoms. The van der Waals surface area contributed by atoms with Crippen LogP contribution in [-0.2, 0) is 9.53 Å². The summed E-state index contributed by atoms with van der Waals surface area (Å²) in [6.07, 6.45) is 3.45.